The molecule has 1 aromatic rings. The highest BCUT2D eigenvalue weighted by Gasteiger charge is 2.32. The van der Waals surface area contributed by atoms with Crippen LogP contribution in [0.5, 0.6) is 5.75 Å². The smallest absolute Gasteiger partial charge is 0.305 e. The van der Waals surface area contributed by atoms with Gasteiger partial charge in [0.05, 0.1) is 19.2 Å². The molecule has 2 N–H and O–H groups in total. The van der Waals surface area contributed by atoms with E-state index in [0.717, 1.165) is 41.1 Å². The highest BCUT2D eigenvalue weighted by atomic mass is 79.9. The van der Waals surface area contributed by atoms with Gasteiger partial charge in [-0.2, -0.15) is 5.10 Å². The van der Waals surface area contributed by atoms with Crippen molar-refractivity contribution < 1.29 is 19.4 Å². The number of rotatable bonds is 9. The first-order valence-corrected chi connectivity index (χ1v) is 9.89. The molecule has 0 bridgehead atoms. The van der Waals surface area contributed by atoms with Gasteiger partial charge in [0.1, 0.15) is 11.0 Å². The number of thioether (sulfide) groups is 1. The van der Waals surface area contributed by atoms with Crippen molar-refractivity contribution in [3.8, 4) is 5.75 Å². The quantitative estimate of drug-likeness (QED) is 0.347. The van der Waals surface area contributed by atoms with Crippen LogP contribution in [0.4, 0.5) is 0 Å². The number of unbranched alkanes of at least 4 members (excludes halogenated alkanes) is 2. The predicted octanol–water partition coefficient (Wildman–Crippen LogP) is 3.41. The molecule has 1 atom stereocenters. The van der Waals surface area contributed by atoms with E-state index in [4.69, 9.17) is 9.84 Å². The second kappa shape index (κ2) is 10.3. The van der Waals surface area contributed by atoms with E-state index in [1.165, 1.54) is 0 Å². The fraction of sp³-hybridized carbons (Fsp3) is 0.412. The molecular weight excluding hydrogens is 422 g/mol. The first kappa shape index (κ1) is 20.4. The average molecular weight is 442 g/mol. The number of carbonyl (C=O) groups excluding carboxylic acids is 1. The molecule has 1 unspecified atom stereocenters. The highest BCUT2D eigenvalue weighted by molar-refractivity contribution is 9.10. The van der Waals surface area contributed by atoms with Crippen LogP contribution in [-0.4, -0.2) is 40.2 Å². The SMILES string of the molecule is CCCCCOc1ccc(Br)cc1C=NN=C1NC(=O)C(CC(=O)O)S1. The number of carbonyl (C=O) groups is 2. The Hall–Kier alpha value is -1.87. The lowest BCUT2D eigenvalue weighted by Crippen LogP contribution is -2.26. The number of carboxylic acids is 1. The summed E-state index contributed by atoms with van der Waals surface area (Å²) < 4.78 is 6.68. The molecule has 1 amide bonds. The molecule has 26 heavy (non-hydrogen) atoms. The normalized spacial score (nSPS) is 18.5. The molecule has 1 aromatic carbocycles. The number of nitrogens with one attached hydrogen (secondary N) is 1. The van der Waals surface area contributed by atoms with Gasteiger partial charge in [-0.3, -0.25) is 9.59 Å². The van der Waals surface area contributed by atoms with Gasteiger partial charge in [0.2, 0.25) is 5.91 Å². The summed E-state index contributed by atoms with van der Waals surface area (Å²) in [6, 6.07) is 5.62. The van der Waals surface area contributed by atoms with Crippen molar-refractivity contribution in [1.29, 1.82) is 0 Å². The third kappa shape index (κ3) is 6.45. The van der Waals surface area contributed by atoms with Gasteiger partial charge in [-0.15, -0.1) is 5.10 Å². The summed E-state index contributed by atoms with van der Waals surface area (Å²) in [6.07, 6.45) is 4.52. The van der Waals surface area contributed by atoms with Crippen molar-refractivity contribution in [1.82, 2.24) is 5.32 Å². The van der Waals surface area contributed by atoms with E-state index in [2.05, 4.69) is 38.4 Å². The Bertz CT molecular complexity index is 724. The summed E-state index contributed by atoms with van der Waals surface area (Å²) in [7, 11) is 0. The Morgan fingerprint density at radius 2 is 2.27 bits per heavy atom. The minimum atomic E-state index is -1.03. The van der Waals surface area contributed by atoms with Gasteiger partial charge in [-0.25, -0.2) is 0 Å². The largest absolute Gasteiger partial charge is 0.493 e. The summed E-state index contributed by atoms with van der Waals surface area (Å²) in [5, 5.41) is 18.9. The van der Waals surface area contributed by atoms with E-state index in [-0.39, 0.29) is 17.5 Å². The van der Waals surface area contributed by atoms with Crippen LogP contribution < -0.4 is 10.1 Å². The van der Waals surface area contributed by atoms with Crippen molar-refractivity contribution in [2.45, 2.75) is 37.9 Å². The van der Waals surface area contributed by atoms with Crippen LogP contribution in [0.15, 0.2) is 32.9 Å². The molecule has 2 rings (SSSR count). The van der Waals surface area contributed by atoms with E-state index in [9.17, 15) is 9.59 Å². The van der Waals surface area contributed by atoms with E-state index >= 15 is 0 Å². The fourth-order valence-electron chi connectivity index (χ4n) is 2.17. The number of aliphatic carboxylic acids is 1. The summed E-state index contributed by atoms with van der Waals surface area (Å²) in [4.78, 5) is 22.4. The molecule has 1 fully saturated rings. The average Bonchev–Trinajstić information content (AvgIpc) is 2.92. The first-order valence-electron chi connectivity index (χ1n) is 8.22. The number of hydrogen-bond acceptors (Lipinski definition) is 6. The highest BCUT2D eigenvalue weighted by Crippen LogP contribution is 2.24. The van der Waals surface area contributed by atoms with Crippen molar-refractivity contribution in [2.24, 2.45) is 10.2 Å². The monoisotopic (exact) mass is 441 g/mol. The van der Waals surface area contributed by atoms with Gasteiger partial charge in [-0.1, -0.05) is 47.5 Å². The van der Waals surface area contributed by atoms with Crippen LogP contribution in [0.25, 0.3) is 0 Å². The molecule has 1 saturated heterocycles. The molecule has 0 spiro atoms. The molecule has 1 aliphatic rings. The summed E-state index contributed by atoms with van der Waals surface area (Å²) in [5.41, 5.74) is 0.761. The van der Waals surface area contributed by atoms with Gasteiger partial charge in [-0.05, 0) is 24.6 Å². The molecule has 140 valence electrons. The lowest BCUT2D eigenvalue weighted by atomic mass is 10.2. The molecule has 0 aliphatic carbocycles. The van der Waals surface area contributed by atoms with Crippen LogP contribution >= 0.6 is 27.7 Å². The van der Waals surface area contributed by atoms with Crippen LogP contribution in [-0.2, 0) is 9.59 Å². The Labute approximate surface area is 164 Å². The van der Waals surface area contributed by atoms with Gasteiger partial charge in [0, 0.05) is 10.0 Å². The number of hydrogen-bond donors (Lipinski definition) is 2. The predicted molar refractivity (Wildman–Crippen MR) is 106 cm³/mol. The van der Waals surface area contributed by atoms with Gasteiger partial charge >= 0.3 is 5.97 Å². The maximum atomic E-state index is 11.7. The Morgan fingerprint density at radius 3 is 3.00 bits per heavy atom. The van der Waals surface area contributed by atoms with Gasteiger partial charge in [0.25, 0.3) is 0 Å². The van der Waals surface area contributed by atoms with Crippen LogP contribution in [0.3, 0.4) is 0 Å². The minimum Gasteiger partial charge on any atom is -0.493 e. The Morgan fingerprint density at radius 1 is 1.46 bits per heavy atom. The Balaban J connectivity index is 2.02. The lowest BCUT2D eigenvalue weighted by molar-refractivity contribution is -0.138. The van der Waals surface area contributed by atoms with Crippen LogP contribution in [0.2, 0.25) is 0 Å². The number of amidine groups is 1. The first-order chi connectivity index (χ1) is 12.5. The summed E-state index contributed by atoms with van der Waals surface area (Å²) in [6.45, 7) is 2.77. The topological polar surface area (TPSA) is 100 Å². The number of nitrogens with zero attached hydrogens (tertiary/aromatic N) is 2. The number of amides is 1. The van der Waals surface area contributed by atoms with Crippen molar-refractivity contribution in [3.63, 3.8) is 0 Å². The minimum absolute atomic E-state index is 0.249. The third-order valence-electron chi connectivity index (χ3n) is 3.46. The Kier molecular flexibility index (Phi) is 8.11. The zero-order chi connectivity index (χ0) is 18.9. The molecule has 0 radical (unpaired) electrons. The molecule has 9 heteroatoms. The summed E-state index contributed by atoms with van der Waals surface area (Å²) >= 11 is 4.48. The van der Waals surface area contributed by atoms with E-state index < -0.39 is 11.2 Å². The van der Waals surface area contributed by atoms with Gasteiger partial charge < -0.3 is 15.2 Å². The number of halogens is 1. The van der Waals surface area contributed by atoms with E-state index in [0.29, 0.717) is 12.4 Å². The van der Waals surface area contributed by atoms with Crippen LogP contribution in [0, 0.1) is 0 Å². The molecule has 0 saturated carbocycles. The molecule has 0 aromatic heterocycles. The fourth-order valence-corrected chi connectivity index (χ4v) is 3.47. The molecule has 1 heterocycles. The molecule has 7 nitrogen and oxygen atoms in total. The van der Waals surface area contributed by atoms with Crippen molar-refractivity contribution in [3.05, 3.63) is 28.2 Å². The van der Waals surface area contributed by atoms with Crippen molar-refractivity contribution in [2.75, 3.05) is 6.61 Å². The van der Waals surface area contributed by atoms with E-state index in [1.54, 1.807) is 6.21 Å². The standard InChI is InChI=1S/C17H20BrN3O4S/c1-2-3-4-7-25-13-6-5-12(18)8-11(13)10-19-21-17-20-16(24)14(26-17)9-15(22)23/h5-6,8,10,14H,2-4,7,9H2,1H3,(H,22,23)(H,20,21,24). The van der Waals surface area contributed by atoms with E-state index in [1.807, 2.05) is 18.2 Å². The maximum Gasteiger partial charge on any atom is 0.305 e. The third-order valence-corrected chi connectivity index (χ3v) is 5.02. The second-order valence-corrected chi connectivity index (χ2v) is 7.69. The second-order valence-electron chi connectivity index (χ2n) is 5.58. The maximum absolute atomic E-state index is 11.7. The number of carboxylic acid groups (broad SMARTS) is 1. The number of benzene rings is 1. The van der Waals surface area contributed by atoms with Crippen molar-refractivity contribution >= 4 is 51.0 Å². The summed E-state index contributed by atoms with van der Waals surface area (Å²) in [5.74, 6) is -0.685. The van der Waals surface area contributed by atoms with Crippen LogP contribution in [0.1, 0.15) is 38.2 Å². The number of ether oxygens (including phenoxy) is 1. The lowest BCUT2D eigenvalue weighted by Gasteiger charge is -2.08. The molecule has 1 aliphatic heterocycles. The zero-order valence-electron chi connectivity index (χ0n) is 14.3. The zero-order valence-corrected chi connectivity index (χ0v) is 16.7. The molecular formula is C17H20BrN3O4S. The van der Waals surface area contributed by atoms with Gasteiger partial charge in [0.15, 0.2) is 5.17 Å².